The van der Waals surface area contributed by atoms with E-state index < -0.39 is 5.97 Å². The molecule has 0 N–H and O–H groups in total. The Labute approximate surface area is 146 Å². The van der Waals surface area contributed by atoms with Crippen LogP contribution in [0.1, 0.15) is 27.3 Å². The third-order valence-electron chi connectivity index (χ3n) is 3.80. The molecule has 1 heterocycles. The Morgan fingerprint density at radius 3 is 2.40 bits per heavy atom. The van der Waals surface area contributed by atoms with Crippen molar-refractivity contribution in [3.05, 3.63) is 83.2 Å². The Hall–Kier alpha value is -3.45. The third-order valence-corrected chi connectivity index (χ3v) is 3.80. The van der Waals surface area contributed by atoms with Gasteiger partial charge in [-0.15, -0.1) is 10.2 Å². The minimum atomic E-state index is -0.515. The molecule has 0 unspecified atom stereocenters. The monoisotopic (exact) mass is 328 g/mol. The second kappa shape index (κ2) is 7.41. The molecule has 25 heavy (non-hydrogen) atoms. The molecule has 0 aliphatic carbocycles. The van der Waals surface area contributed by atoms with E-state index in [1.807, 2.05) is 30.3 Å². The van der Waals surface area contributed by atoms with Gasteiger partial charge < -0.3 is 4.74 Å². The van der Waals surface area contributed by atoms with E-state index in [2.05, 4.69) is 51.9 Å². The Morgan fingerprint density at radius 1 is 0.920 bits per heavy atom. The summed E-state index contributed by atoms with van der Waals surface area (Å²) < 4.78 is 4.60. The zero-order valence-electron chi connectivity index (χ0n) is 14.0. The SMILES string of the molecule is COC(=O)c1ccc(C#Cc2cccc(-c3ccccc3)c2C)nn1. The lowest BCUT2D eigenvalue weighted by molar-refractivity contribution is 0.0592. The summed E-state index contributed by atoms with van der Waals surface area (Å²) in [4.78, 5) is 11.4. The Bertz CT molecular complexity index is 953. The lowest BCUT2D eigenvalue weighted by Crippen LogP contribution is -2.05. The van der Waals surface area contributed by atoms with Crippen molar-refractivity contribution >= 4 is 5.97 Å². The van der Waals surface area contributed by atoms with Gasteiger partial charge in [-0.1, -0.05) is 48.4 Å². The largest absolute Gasteiger partial charge is 0.464 e. The molecule has 1 aromatic heterocycles. The van der Waals surface area contributed by atoms with Crippen molar-refractivity contribution in [1.82, 2.24) is 10.2 Å². The van der Waals surface area contributed by atoms with Gasteiger partial charge in [0.1, 0.15) is 5.69 Å². The summed E-state index contributed by atoms with van der Waals surface area (Å²) in [6.45, 7) is 2.05. The molecule has 2 aromatic carbocycles. The van der Waals surface area contributed by atoms with Crippen LogP contribution in [0, 0.1) is 18.8 Å². The number of esters is 1. The molecule has 0 spiro atoms. The first kappa shape index (κ1) is 16.4. The van der Waals surface area contributed by atoms with Gasteiger partial charge in [-0.25, -0.2) is 4.79 Å². The Morgan fingerprint density at radius 2 is 1.72 bits per heavy atom. The molecule has 4 heteroatoms. The Kier molecular flexibility index (Phi) is 4.87. The van der Waals surface area contributed by atoms with Gasteiger partial charge in [-0.2, -0.15) is 0 Å². The molecule has 0 fully saturated rings. The van der Waals surface area contributed by atoms with Crippen LogP contribution >= 0.6 is 0 Å². The van der Waals surface area contributed by atoms with Gasteiger partial charge in [-0.3, -0.25) is 0 Å². The maximum absolute atomic E-state index is 11.4. The first-order valence-electron chi connectivity index (χ1n) is 7.78. The van der Waals surface area contributed by atoms with Gasteiger partial charge >= 0.3 is 5.97 Å². The number of methoxy groups -OCH3 is 1. The average Bonchev–Trinajstić information content (AvgIpc) is 2.67. The van der Waals surface area contributed by atoms with E-state index in [0.29, 0.717) is 5.69 Å². The molecule has 0 radical (unpaired) electrons. The highest BCUT2D eigenvalue weighted by Gasteiger charge is 2.07. The van der Waals surface area contributed by atoms with Crippen molar-refractivity contribution in [2.45, 2.75) is 6.92 Å². The molecule has 0 bridgehead atoms. The van der Waals surface area contributed by atoms with Crippen molar-refractivity contribution < 1.29 is 9.53 Å². The summed E-state index contributed by atoms with van der Waals surface area (Å²) in [6, 6.07) is 19.5. The summed E-state index contributed by atoms with van der Waals surface area (Å²) >= 11 is 0. The lowest BCUT2D eigenvalue weighted by atomic mass is 9.97. The predicted molar refractivity (Wildman–Crippen MR) is 96.0 cm³/mol. The van der Waals surface area contributed by atoms with Crippen LogP contribution in [0.15, 0.2) is 60.7 Å². The number of rotatable bonds is 2. The first-order chi connectivity index (χ1) is 12.2. The number of hydrogen-bond donors (Lipinski definition) is 0. The molecule has 0 atom stereocenters. The zero-order valence-corrected chi connectivity index (χ0v) is 14.0. The second-order valence-electron chi connectivity index (χ2n) is 5.39. The maximum Gasteiger partial charge on any atom is 0.358 e. The summed E-state index contributed by atoms with van der Waals surface area (Å²) in [5.41, 5.74) is 5.01. The van der Waals surface area contributed by atoms with E-state index in [1.54, 1.807) is 12.1 Å². The van der Waals surface area contributed by atoms with Crippen molar-refractivity contribution in [2.24, 2.45) is 0 Å². The summed E-state index contributed by atoms with van der Waals surface area (Å²) in [7, 11) is 1.31. The van der Waals surface area contributed by atoms with E-state index in [1.165, 1.54) is 7.11 Å². The molecule has 0 saturated carbocycles. The van der Waals surface area contributed by atoms with Crippen LogP contribution in [-0.4, -0.2) is 23.3 Å². The fraction of sp³-hybridized carbons (Fsp3) is 0.0952. The van der Waals surface area contributed by atoms with Crippen LogP contribution in [0.5, 0.6) is 0 Å². The molecule has 0 aliphatic rings. The molecule has 3 aromatic rings. The first-order valence-corrected chi connectivity index (χ1v) is 7.78. The van der Waals surface area contributed by atoms with E-state index in [9.17, 15) is 4.79 Å². The van der Waals surface area contributed by atoms with Crippen LogP contribution in [0.2, 0.25) is 0 Å². The van der Waals surface area contributed by atoms with Gasteiger partial charge in [0, 0.05) is 5.56 Å². The molecule has 0 aliphatic heterocycles. The lowest BCUT2D eigenvalue weighted by Gasteiger charge is -2.07. The third kappa shape index (κ3) is 3.73. The smallest absolute Gasteiger partial charge is 0.358 e. The summed E-state index contributed by atoms with van der Waals surface area (Å²) in [5.74, 6) is 5.61. The predicted octanol–water partition coefficient (Wildman–Crippen LogP) is 3.64. The van der Waals surface area contributed by atoms with Crippen LogP contribution in [0.25, 0.3) is 11.1 Å². The summed E-state index contributed by atoms with van der Waals surface area (Å²) in [6.07, 6.45) is 0. The Balaban J connectivity index is 1.90. The molecule has 4 nitrogen and oxygen atoms in total. The molecule has 3 rings (SSSR count). The molecule has 0 amide bonds. The average molecular weight is 328 g/mol. The van der Waals surface area contributed by atoms with Gasteiger partial charge in [0.15, 0.2) is 5.69 Å². The van der Waals surface area contributed by atoms with Crippen LogP contribution in [0.4, 0.5) is 0 Å². The number of aromatic nitrogens is 2. The topological polar surface area (TPSA) is 52.1 Å². The highest BCUT2D eigenvalue weighted by atomic mass is 16.5. The van der Waals surface area contributed by atoms with Crippen molar-refractivity contribution in [3.63, 3.8) is 0 Å². The van der Waals surface area contributed by atoms with Crippen LogP contribution in [-0.2, 0) is 4.74 Å². The maximum atomic E-state index is 11.4. The van der Waals surface area contributed by atoms with Gasteiger partial charge in [0.2, 0.25) is 0 Å². The number of carbonyl (C=O) groups is 1. The van der Waals surface area contributed by atoms with E-state index in [4.69, 9.17) is 0 Å². The van der Waals surface area contributed by atoms with Crippen molar-refractivity contribution in [1.29, 1.82) is 0 Å². The number of carbonyl (C=O) groups excluding carboxylic acids is 1. The number of nitrogens with zero attached hydrogens (tertiary/aromatic N) is 2. The quantitative estimate of drug-likeness (QED) is 0.532. The zero-order chi connectivity index (χ0) is 17.6. The van der Waals surface area contributed by atoms with Crippen LogP contribution in [0.3, 0.4) is 0 Å². The molecule has 122 valence electrons. The molecular formula is C21H16N2O2. The highest BCUT2D eigenvalue weighted by Crippen LogP contribution is 2.25. The highest BCUT2D eigenvalue weighted by molar-refractivity contribution is 5.86. The fourth-order valence-electron chi connectivity index (χ4n) is 2.45. The van der Waals surface area contributed by atoms with E-state index in [0.717, 1.165) is 22.3 Å². The van der Waals surface area contributed by atoms with Crippen molar-refractivity contribution in [2.75, 3.05) is 7.11 Å². The number of ether oxygens (including phenoxy) is 1. The van der Waals surface area contributed by atoms with Gasteiger partial charge in [0.25, 0.3) is 0 Å². The number of hydrogen-bond acceptors (Lipinski definition) is 4. The van der Waals surface area contributed by atoms with E-state index in [-0.39, 0.29) is 5.69 Å². The fourth-order valence-corrected chi connectivity index (χ4v) is 2.45. The number of benzene rings is 2. The van der Waals surface area contributed by atoms with Gasteiger partial charge in [-0.05, 0) is 47.7 Å². The molecular weight excluding hydrogens is 312 g/mol. The molecule has 0 saturated heterocycles. The van der Waals surface area contributed by atoms with E-state index >= 15 is 0 Å². The standard InChI is InChI=1S/C21H16N2O2/c1-15-16(9-6-10-19(15)17-7-4-3-5-8-17)11-12-18-13-14-20(23-22-18)21(24)25-2/h3-10,13-14H,1-2H3. The second-order valence-corrected chi connectivity index (χ2v) is 5.39. The van der Waals surface area contributed by atoms with Gasteiger partial charge in [0.05, 0.1) is 7.11 Å². The van der Waals surface area contributed by atoms with Crippen LogP contribution < -0.4 is 0 Å². The normalized spacial score (nSPS) is 9.84. The van der Waals surface area contributed by atoms with Crippen molar-refractivity contribution in [3.8, 4) is 23.0 Å². The summed E-state index contributed by atoms with van der Waals surface area (Å²) in [5, 5.41) is 7.77. The minimum Gasteiger partial charge on any atom is -0.464 e. The minimum absolute atomic E-state index is 0.162.